The fourth-order valence-corrected chi connectivity index (χ4v) is 3.51. The van der Waals surface area contributed by atoms with Crippen LogP contribution in [0.25, 0.3) is 10.7 Å². The second-order valence-corrected chi connectivity index (χ2v) is 6.52. The summed E-state index contributed by atoms with van der Waals surface area (Å²) in [4.78, 5) is 16.1. The van der Waals surface area contributed by atoms with E-state index in [1.807, 2.05) is 36.4 Å². The van der Waals surface area contributed by atoms with E-state index in [2.05, 4.69) is 31.9 Å². The molecule has 4 rings (SSSR count). The summed E-state index contributed by atoms with van der Waals surface area (Å²) < 4.78 is 0. The lowest BCUT2D eigenvalue weighted by molar-refractivity contribution is -0.116. The third-order valence-electron chi connectivity index (χ3n) is 3.92. The van der Waals surface area contributed by atoms with Gasteiger partial charge in [0.05, 0.1) is 0 Å². The quantitative estimate of drug-likeness (QED) is 0.764. The highest BCUT2D eigenvalue weighted by atomic mass is 32.1. The van der Waals surface area contributed by atoms with Gasteiger partial charge in [-0.2, -0.15) is 0 Å². The monoisotopic (exact) mass is 337 g/mol. The number of carbonyl (C=O) groups excluding carboxylic acids is 1. The number of amides is 1. The van der Waals surface area contributed by atoms with E-state index in [-0.39, 0.29) is 11.8 Å². The third kappa shape index (κ3) is 2.98. The number of carbonyl (C=O) groups is 1. The van der Waals surface area contributed by atoms with Crippen LogP contribution in [0.4, 0.5) is 10.8 Å². The SMILES string of the molecule is O=C1CC(CNc2nnc(-c3ccccn3)s2)c2ccccc2N1. The normalized spacial score (nSPS) is 16.3. The van der Waals surface area contributed by atoms with Gasteiger partial charge in [-0.3, -0.25) is 9.78 Å². The van der Waals surface area contributed by atoms with Gasteiger partial charge in [-0.1, -0.05) is 35.6 Å². The molecule has 0 fully saturated rings. The Morgan fingerprint density at radius 1 is 1.17 bits per heavy atom. The Hall–Kier alpha value is -2.80. The van der Waals surface area contributed by atoms with Gasteiger partial charge in [0.2, 0.25) is 11.0 Å². The number of pyridine rings is 1. The molecule has 0 spiro atoms. The summed E-state index contributed by atoms with van der Waals surface area (Å²) in [6.07, 6.45) is 2.21. The molecule has 0 saturated carbocycles. The van der Waals surface area contributed by atoms with Crippen LogP contribution in [0.5, 0.6) is 0 Å². The molecule has 7 heteroatoms. The minimum atomic E-state index is 0.0481. The lowest BCUT2D eigenvalue weighted by Crippen LogP contribution is -2.26. The van der Waals surface area contributed by atoms with Crippen molar-refractivity contribution in [1.29, 1.82) is 0 Å². The van der Waals surface area contributed by atoms with Crippen LogP contribution in [0.1, 0.15) is 17.9 Å². The minimum absolute atomic E-state index is 0.0481. The molecule has 3 heterocycles. The van der Waals surface area contributed by atoms with E-state index < -0.39 is 0 Å². The molecule has 3 aromatic rings. The molecule has 120 valence electrons. The maximum absolute atomic E-state index is 11.9. The minimum Gasteiger partial charge on any atom is -0.359 e. The predicted molar refractivity (Wildman–Crippen MR) is 94.1 cm³/mol. The Morgan fingerprint density at radius 3 is 2.92 bits per heavy atom. The first-order valence-corrected chi connectivity index (χ1v) is 8.49. The van der Waals surface area contributed by atoms with E-state index in [4.69, 9.17) is 0 Å². The zero-order valence-corrected chi connectivity index (χ0v) is 13.6. The maximum Gasteiger partial charge on any atom is 0.225 e. The van der Waals surface area contributed by atoms with Crippen LogP contribution in [0.2, 0.25) is 0 Å². The smallest absolute Gasteiger partial charge is 0.225 e. The summed E-state index contributed by atoms with van der Waals surface area (Å²) in [5, 5.41) is 16.1. The van der Waals surface area contributed by atoms with Crippen molar-refractivity contribution < 1.29 is 4.79 Å². The van der Waals surface area contributed by atoms with Gasteiger partial charge in [-0.15, -0.1) is 10.2 Å². The van der Waals surface area contributed by atoms with Gasteiger partial charge in [-0.25, -0.2) is 0 Å². The molecule has 0 radical (unpaired) electrons. The number of rotatable bonds is 4. The second kappa shape index (κ2) is 6.37. The predicted octanol–water partition coefficient (Wildman–Crippen LogP) is 3.14. The lowest BCUT2D eigenvalue weighted by atomic mass is 9.90. The number of fused-ring (bicyclic) bond motifs is 1. The van der Waals surface area contributed by atoms with Gasteiger partial charge in [0.1, 0.15) is 5.69 Å². The standard InChI is InChI=1S/C17H15N5OS/c23-15-9-11(12-5-1-2-6-13(12)20-15)10-19-17-22-21-16(24-17)14-7-3-4-8-18-14/h1-8,11H,9-10H2,(H,19,22)(H,20,23). The molecule has 1 aromatic carbocycles. The Kier molecular flexibility index (Phi) is 3.92. The Bertz CT molecular complexity index is 864. The summed E-state index contributed by atoms with van der Waals surface area (Å²) in [5.41, 5.74) is 2.86. The van der Waals surface area contributed by atoms with Gasteiger partial charge in [0.15, 0.2) is 5.01 Å². The number of aromatic nitrogens is 3. The van der Waals surface area contributed by atoms with E-state index in [0.717, 1.165) is 27.1 Å². The molecule has 6 nitrogen and oxygen atoms in total. The van der Waals surface area contributed by atoms with Crippen LogP contribution in [0.15, 0.2) is 48.7 Å². The van der Waals surface area contributed by atoms with Crippen LogP contribution >= 0.6 is 11.3 Å². The van der Waals surface area contributed by atoms with Crippen molar-refractivity contribution in [3.05, 3.63) is 54.2 Å². The molecule has 0 saturated heterocycles. The molecule has 1 atom stereocenters. The number of anilines is 2. The Labute approximate surface area is 143 Å². The molecule has 2 N–H and O–H groups in total. The zero-order valence-electron chi connectivity index (χ0n) is 12.8. The van der Waals surface area contributed by atoms with E-state index >= 15 is 0 Å². The van der Waals surface area contributed by atoms with E-state index in [1.165, 1.54) is 11.3 Å². The molecular weight excluding hydrogens is 322 g/mol. The van der Waals surface area contributed by atoms with Crippen LogP contribution in [0.3, 0.4) is 0 Å². The summed E-state index contributed by atoms with van der Waals surface area (Å²) in [5.74, 6) is 0.170. The van der Waals surface area contributed by atoms with Crippen molar-refractivity contribution in [3.8, 4) is 10.7 Å². The molecule has 1 unspecified atom stereocenters. The summed E-state index contributed by atoms with van der Waals surface area (Å²) in [7, 11) is 0. The van der Waals surface area contributed by atoms with Gasteiger partial charge in [-0.05, 0) is 23.8 Å². The number of para-hydroxylation sites is 1. The van der Waals surface area contributed by atoms with Crippen molar-refractivity contribution in [2.24, 2.45) is 0 Å². The van der Waals surface area contributed by atoms with E-state index in [0.29, 0.717) is 13.0 Å². The first kappa shape index (κ1) is 14.8. The summed E-state index contributed by atoms with van der Waals surface area (Å²) >= 11 is 1.46. The van der Waals surface area contributed by atoms with Gasteiger partial charge in [0.25, 0.3) is 0 Å². The molecule has 1 aliphatic heterocycles. The van der Waals surface area contributed by atoms with Gasteiger partial charge >= 0.3 is 0 Å². The molecule has 2 aromatic heterocycles. The molecule has 24 heavy (non-hydrogen) atoms. The van der Waals surface area contributed by atoms with Crippen molar-refractivity contribution in [2.45, 2.75) is 12.3 Å². The first-order valence-electron chi connectivity index (χ1n) is 7.67. The second-order valence-electron chi connectivity index (χ2n) is 5.54. The summed E-state index contributed by atoms with van der Waals surface area (Å²) in [6, 6.07) is 13.6. The molecule has 1 amide bonds. The van der Waals surface area contributed by atoms with Crippen LogP contribution < -0.4 is 10.6 Å². The highest BCUT2D eigenvalue weighted by Gasteiger charge is 2.24. The number of nitrogens with zero attached hydrogens (tertiary/aromatic N) is 3. The average Bonchev–Trinajstić information content (AvgIpc) is 3.09. The fourth-order valence-electron chi connectivity index (χ4n) is 2.78. The highest BCUT2D eigenvalue weighted by molar-refractivity contribution is 7.18. The van der Waals surface area contributed by atoms with Crippen molar-refractivity contribution in [1.82, 2.24) is 15.2 Å². The van der Waals surface area contributed by atoms with Crippen LogP contribution in [-0.4, -0.2) is 27.6 Å². The Balaban J connectivity index is 1.48. The number of hydrogen-bond acceptors (Lipinski definition) is 6. The third-order valence-corrected chi connectivity index (χ3v) is 4.82. The van der Waals surface area contributed by atoms with Crippen LogP contribution in [-0.2, 0) is 4.79 Å². The van der Waals surface area contributed by atoms with Gasteiger partial charge in [0, 0.05) is 30.8 Å². The topological polar surface area (TPSA) is 79.8 Å². The average molecular weight is 337 g/mol. The molecule has 1 aliphatic rings. The van der Waals surface area contributed by atoms with Crippen molar-refractivity contribution >= 4 is 28.1 Å². The summed E-state index contributed by atoms with van der Waals surface area (Å²) in [6.45, 7) is 0.640. The maximum atomic E-state index is 11.9. The fraction of sp³-hybridized carbons (Fsp3) is 0.176. The highest BCUT2D eigenvalue weighted by Crippen LogP contribution is 2.32. The Morgan fingerprint density at radius 2 is 2.04 bits per heavy atom. The first-order chi connectivity index (χ1) is 11.8. The largest absolute Gasteiger partial charge is 0.359 e. The number of nitrogens with one attached hydrogen (secondary N) is 2. The lowest BCUT2D eigenvalue weighted by Gasteiger charge is -2.25. The number of benzene rings is 1. The van der Waals surface area contributed by atoms with Crippen molar-refractivity contribution in [2.75, 3.05) is 17.2 Å². The van der Waals surface area contributed by atoms with Crippen molar-refractivity contribution in [3.63, 3.8) is 0 Å². The molecule has 0 aliphatic carbocycles. The molecule has 0 bridgehead atoms. The van der Waals surface area contributed by atoms with E-state index in [1.54, 1.807) is 6.20 Å². The van der Waals surface area contributed by atoms with E-state index in [9.17, 15) is 4.79 Å². The van der Waals surface area contributed by atoms with Gasteiger partial charge < -0.3 is 10.6 Å². The molecular formula is C17H15N5OS. The zero-order chi connectivity index (χ0) is 16.4. The van der Waals surface area contributed by atoms with Crippen LogP contribution in [0, 0.1) is 0 Å². The number of hydrogen-bond donors (Lipinski definition) is 2.